The fourth-order valence-corrected chi connectivity index (χ4v) is 3.24. The molecule has 0 aliphatic heterocycles. The smallest absolute Gasteiger partial charge is 0.273 e. The second kappa shape index (κ2) is 8.96. The quantitative estimate of drug-likeness (QED) is 0.500. The number of carbonyl (C=O) groups excluding carboxylic acids is 2. The lowest BCUT2D eigenvalue weighted by atomic mass is 9.85. The monoisotopic (exact) mass is 437 g/mol. The van der Waals surface area contributed by atoms with Gasteiger partial charge in [-0.3, -0.25) is 14.3 Å². The Bertz CT molecular complexity index is 1160. The number of carbonyl (C=O) groups is 2. The molecule has 2 amide bonds. The number of nitrogens with one attached hydrogen (secondary N) is 3. The largest absolute Gasteiger partial charge is 0.492 e. The second-order valence-corrected chi connectivity index (χ2v) is 7.30. The van der Waals surface area contributed by atoms with Crippen molar-refractivity contribution in [2.45, 2.75) is 19.3 Å². The van der Waals surface area contributed by atoms with Gasteiger partial charge in [-0.05, 0) is 18.9 Å². The van der Waals surface area contributed by atoms with E-state index in [2.05, 4.69) is 41.2 Å². The van der Waals surface area contributed by atoms with Gasteiger partial charge < -0.3 is 20.7 Å². The standard InChI is InChI=1S/C20H23N9O3/c1-21-20(31)15-13(9-14(26-27-15)25-19(30)11-5-4-6-11)24-18-16(32-3)12(7-8-22-18)17-23-10-29(2)28-17/h7-11H,4-6H2,1-3H3,(H,21,31)(H2,22,24,25,26,30). The van der Waals surface area contributed by atoms with Crippen LogP contribution in [0.15, 0.2) is 24.7 Å². The highest BCUT2D eigenvalue weighted by atomic mass is 16.5. The van der Waals surface area contributed by atoms with Crippen LogP contribution in [0.2, 0.25) is 0 Å². The van der Waals surface area contributed by atoms with E-state index >= 15 is 0 Å². The Labute approximate surface area is 183 Å². The van der Waals surface area contributed by atoms with Crippen molar-refractivity contribution in [1.82, 2.24) is 35.3 Å². The lowest BCUT2D eigenvalue weighted by molar-refractivity contribution is -0.122. The number of pyridine rings is 1. The minimum absolute atomic E-state index is 0.0175. The topological polar surface area (TPSA) is 149 Å². The summed E-state index contributed by atoms with van der Waals surface area (Å²) in [6.45, 7) is 0. The van der Waals surface area contributed by atoms with E-state index in [0.717, 1.165) is 19.3 Å². The highest BCUT2D eigenvalue weighted by Gasteiger charge is 2.26. The summed E-state index contributed by atoms with van der Waals surface area (Å²) in [6, 6.07) is 3.27. The Kier molecular flexibility index (Phi) is 5.92. The van der Waals surface area contributed by atoms with Crippen molar-refractivity contribution in [2.24, 2.45) is 13.0 Å². The molecule has 3 N–H and O–H groups in total. The first-order chi connectivity index (χ1) is 15.5. The van der Waals surface area contributed by atoms with Crippen LogP contribution in [-0.2, 0) is 11.8 Å². The van der Waals surface area contributed by atoms with E-state index in [1.165, 1.54) is 14.2 Å². The van der Waals surface area contributed by atoms with Gasteiger partial charge in [-0.1, -0.05) is 6.42 Å². The van der Waals surface area contributed by atoms with Crippen LogP contribution < -0.4 is 20.7 Å². The van der Waals surface area contributed by atoms with Crippen molar-refractivity contribution in [3.63, 3.8) is 0 Å². The van der Waals surface area contributed by atoms with E-state index in [-0.39, 0.29) is 23.3 Å². The number of rotatable bonds is 7. The SMILES string of the molecule is CNC(=O)c1nnc(NC(=O)C2CCC2)cc1Nc1nccc(-c2ncn(C)n2)c1OC. The molecule has 3 aromatic rings. The summed E-state index contributed by atoms with van der Waals surface area (Å²) in [7, 11) is 4.76. The number of hydrogen-bond acceptors (Lipinski definition) is 9. The van der Waals surface area contributed by atoms with E-state index in [4.69, 9.17) is 4.74 Å². The molecular weight excluding hydrogens is 414 g/mol. The summed E-state index contributed by atoms with van der Waals surface area (Å²) in [4.78, 5) is 33.3. The molecule has 0 radical (unpaired) electrons. The summed E-state index contributed by atoms with van der Waals surface area (Å²) in [5.74, 6) is 0.837. The van der Waals surface area contributed by atoms with Crippen LogP contribution in [0.4, 0.5) is 17.3 Å². The molecule has 1 saturated carbocycles. The Morgan fingerprint density at radius 2 is 2.03 bits per heavy atom. The Hall–Kier alpha value is -4.09. The maximum atomic E-state index is 12.4. The Balaban J connectivity index is 1.69. The minimum Gasteiger partial charge on any atom is -0.492 e. The van der Waals surface area contributed by atoms with Gasteiger partial charge in [-0.25, -0.2) is 9.97 Å². The summed E-state index contributed by atoms with van der Waals surface area (Å²) < 4.78 is 7.15. The molecule has 0 bridgehead atoms. The highest BCUT2D eigenvalue weighted by molar-refractivity contribution is 5.99. The van der Waals surface area contributed by atoms with Crippen molar-refractivity contribution < 1.29 is 14.3 Å². The number of aryl methyl sites for hydroxylation is 1. The molecule has 166 valence electrons. The summed E-state index contributed by atoms with van der Waals surface area (Å²) in [6.07, 6.45) is 5.91. The predicted molar refractivity (Wildman–Crippen MR) is 115 cm³/mol. The lowest BCUT2D eigenvalue weighted by Gasteiger charge is -2.23. The van der Waals surface area contributed by atoms with Crippen LogP contribution in [0.3, 0.4) is 0 Å². The molecule has 1 aliphatic carbocycles. The fourth-order valence-electron chi connectivity index (χ4n) is 3.24. The highest BCUT2D eigenvalue weighted by Crippen LogP contribution is 2.35. The zero-order valence-electron chi connectivity index (χ0n) is 17.9. The van der Waals surface area contributed by atoms with Crippen LogP contribution in [-0.4, -0.2) is 55.9 Å². The van der Waals surface area contributed by atoms with Gasteiger partial charge in [-0.15, -0.1) is 10.2 Å². The number of aromatic nitrogens is 6. The van der Waals surface area contributed by atoms with Gasteiger partial charge in [0.15, 0.2) is 28.9 Å². The van der Waals surface area contributed by atoms with Crippen LogP contribution in [0.1, 0.15) is 29.8 Å². The van der Waals surface area contributed by atoms with E-state index in [1.54, 1.807) is 36.4 Å². The van der Waals surface area contributed by atoms with Gasteiger partial charge in [0, 0.05) is 32.3 Å². The van der Waals surface area contributed by atoms with Crippen molar-refractivity contribution in [3.05, 3.63) is 30.4 Å². The molecule has 0 saturated heterocycles. The Morgan fingerprint density at radius 3 is 2.66 bits per heavy atom. The number of anilines is 3. The van der Waals surface area contributed by atoms with Crippen molar-refractivity contribution in [3.8, 4) is 17.1 Å². The minimum atomic E-state index is -0.446. The third-order valence-electron chi connectivity index (χ3n) is 5.17. The van der Waals surface area contributed by atoms with Crippen molar-refractivity contribution >= 4 is 29.1 Å². The molecule has 32 heavy (non-hydrogen) atoms. The zero-order chi connectivity index (χ0) is 22.7. The molecule has 12 nitrogen and oxygen atoms in total. The van der Waals surface area contributed by atoms with Gasteiger partial charge in [0.1, 0.15) is 6.33 Å². The van der Waals surface area contributed by atoms with Crippen molar-refractivity contribution in [1.29, 1.82) is 0 Å². The third-order valence-corrected chi connectivity index (χ3v) is 5.17. The van der Waals surface area contributed by atoms with Crippen LogP contribution in [0, 0.1) is 5.92 Å². The predicted octanol–water partition coefficient (Wildman–Crippen LogP) is 1.52. The van der Waals surface area contributed by atoms with Crippen molar-refractivity contribution in [2.75, 3.05) is 24.8 Å². The molecule has 3 aromatic heterocycles. The average molecular weight is 437 g/mol. The lowest BCUT2D eigenvalue weighted by Crippen LogP contribution is -2.29. The number of nitrogens with zero attached hydrogens (tertiary/aromatic N) is 6. The summed E-state index contributed by atoms with van der Waals surface area (Å²) in [5.41, 5.74) is 0.965. The van der Waals surface area contributed by atoms with E-state index in [1.807, 2.05) is 0 Å². The zero-order valence-corrected chi connectivity index (χ0v) is 17.9. The summed E-state index contributed by atoms with van der Waals surface area (Å²) >= 11 is 0. The van der Waals surface area contributed by atoms with Gasteiger partial charge in [0.2, 0.25) is 5.91 Å². The third kappa shape index (κ3) is 4.19. The van der Waals surface area contributed by atoms with Gasteiger partial charge in [-0.2, -0.15) is 5.10 Å². The van der Waals surface area contributed by atoms with E-state index in [0.29, 0.717) is 28.6 Å². The number of amides is 2. The fraction of sp³-hybridized carbons (Fsp3) is 0.350. The molecule has 1 fully saturated rings. The normalized spacial score (nSPS) is 13.2. The Morgan fingerprint density at radius 1 is 1.22 bits per heavy atom. The molecule has 3 heterocycles. The first kappa shape index (κ1) is 21.2. The maximum Gasteiger partial charge on any atom is 0.273 e. The molecular formula is C20H23N9O3. The number of methoxy groups -OCH3 is 1. The summed E-state index contributed by atoms with van der Waals surface area (Å²) in [5, 5.41) is 20.7. The molecule has 12 heteroatoms. The average Bonchev–Trinajstić information content (AvgIpc) is 3.18. The van der Waals surface area contributed by atoms with E-state index in [9.17, 15) is 9.59 Å². The van der Waals surface area contributed by atoms with Gasteiger partial charge in [0.05, 0.1) is 18.4 Å². The van der Waals surface area contributed by atoms with Crippen LogP contribution in [0.5, 0.6) is 5.75 Å². The first-order valence-corrected chi connectivity index (χ1v) is 10.1. The molecule has 0 aromatic carbocycles. The number of hydrogen-bond donors (Lipinski definition) is 3. The van der Waals surface area contributed by atoms with E-state index < -0.39 is 5.91 Å². The number of ether oxygens (including phenoxy) is 1. The van der Waals surface area contributed by atoms with Gasteiger partial charge >= 0.3 is 0 Å². The molecule has 0 atom stereocenters. The second-order valence-electron chi connectivity index (χ2n) is 7.30. The van der Waals surface area contributed by atoms with Crippen LogP contribution in [0.25, 0.3) is 11.4 Å². The first-order valence-electron chi connectivity index (χ1n) is 10.1. The molecule has 4 rings (SSSR count). The molecule has 0 spiro atoms. The van der Waals surface area contributed by atoms with Crippen LogP contribution >= 0.6 is 0 Å². The maximum absolute atomic E-state index is 12.4. The van der Waals surface area contributed by atoms with Gasteiger partial charge in [0.25, 0.3) is 5.91 Å². The molecule has 0 unspecified atom stereocenters. The molecule has 1 aliphatic rings.